The van der Waals surface area contributed by atoms with Gasteiger partial charge in [-0.1, -0.05) is 41.4 Å². The van der Waals surface area contributed by atoms with Crippen molar-refractivity contribution in [3.63, 3.8) is 0 Å². The van der Waals surface area contributed by atoms with E-state index in [-0.39, 0.29) is 12.4 Å². The topological polar surface area (TPSA) is 67.3 Å². The van der Waals surface area contributed by atoms with Crippen molar-refractivity contribution in [2.45, 2.75) is 45.4 Å². The zero-order chi connectivity index (χ0) is 24.0. The first-order valence-electron chi connectivity index (χ1n) is 11.2. The number of nitrogens with zero attached hydrogens (tertiary/aromatic N) is 2. The first kappa shape index (κ1) is 25.5. The minimum atomic E-state index is -0.638. The third kappa shape index (κ3) is 5.05. The third-order valence-corrected chi connectivity index (χ3v) is 6.93. The van der Waals surface area contributed by atoms with Gasteiger partial charge in [-0.25, -0.2) is 4.98 Å². The van der Waals surface area contributed by atoms with Crippen molar-refractivity contribution in [2.24, 2.45) is 0 Å². The monoisotopic (exact) mass is 529 g/mol. The zero-order valence-electron chi connectivity index (χ0n) is 19.6. The predicted octanol–water partition coefficient (Wildman–Crippen LogP) is 7.02. The Morgan fingerprint density at radius 2 is 1.86 bits per heavy atom. The Morgan fingerprint density at radius 1 is 1.11 bits per heavy atom. The maximum atomic E-state index is 10.4. The number of hydrogen-bond acceptors (Lipinski definition) is 5. The van der Waals surface area contributed by atoms with Crippen LogP contribution in [0.1, 0.15) is 30.5 Å². The second kappa shape index (κ2) is 9.82. The van der Waals surface area contributed by atoms with Gasteiger partial charge >= 0.3 is 0 Å². The van der Waals surface area contributed by atoms with Crippen LogP contribution in [-0.2, 0) is 13.0 Å². The molecular formula is C27H26Cl3N3O2. The number of aliphatic hydroxyl groups is 1. The molecule has 0 amide bonds. The number of aryl methyl sites for hydroxylation is 1. The minimum absolute atomic E-state index is 0. The fourth-order valence-electron chi connectivity index (χ4n) is 4.23. The lowest BCUT2D eigenvalue weighted by Crippen LogP contribution is -2.46. The molecule has 0 fully saturated rings. The lowest BCUT2D eigenvalue weighted by atomic mass is 9.90. The molecule has 0 spiro atoms. The van der Waals surface area contributed by atoms with Gasteiger partial charge in [0.25, 0.3) is 0 Å². The summed E-state index contributed by atoms with van der Waals surface area (Å²) in [6, 6.07) is 15.6. The molecule has 0 saturated carbocycles. The van der Waals surface area contributed by atoms with Crippen LogP contribution < -0.4 is 10.1 Å². The van der Waals surface area contributed by atoms with E-state index in [1.807, 2.05) is 75.5 Å². The van der Waals surface area contributed by atoms with Crippen molar-refractivity contribution in [1.29, 1.82) is 0 Å². The molecule has 0 aliphatic carbocycles. The molecular weight excluding hydrogens is 505 g/mol. The van der Waals surface area contributed by atoms with Crippen molar-refractivity contribution < 1.29 is 9.84 Å². The van der Waals surface area contributed by atoms with E-state index >= 15 is 0 Å². The van der Waals surface area contributed by atoms with E-state index in [1.165, 1.54) is 0 Å². The molecule has 2 aromatic carbocycles. The summed E-state index contributed by atoms with van der Waals surface area (Å²) in [5.41, 5.74) is 5.80. The third-order valence-electron chi connectivity index (χ3n) is 6.41. The minimum Gasteiger partial charge on any atom is -0.485 e. The summed E-state index contributed by atoms with van der Waals surface area (Å²) in [5.74, 6) is 0.781. The number of halogens is 3. The Balaban J connectivity index is 0.00000289. The van der Waals surface area contributed by atoms with Crippen molar-refractivity contribution in [1.82, 2.24) is 9.97 Å². The Labute approximate surface area is 220 Å². The van der Waals surface area contributed by atoms with Crippen LogP contribution >= 0.6 is 35.6 Å². The van der Waals surface area contributed by atoms with E-state index in [0.717, 1.165) is 50.3 Å². The Hall–Kier alpha value is -2.57. The molecule has 2 aromatic heterocycles. The SMILES string of the molecule is Cc1c(NCc2ccc(-c3ccc(Cl)cc3)nc2)c(Cl)nc2cc3c(cc12)OC(C)(C)[C@H](O)C3.Cl. The van der Waals surface area contributed by atoms with Gasteiger partial charge in [-0.2, -0.15) is 0 Å². The summed E-state index contributed by atoms with van der Waals surface area (Å²) in [6.07, 6.45) is 1.80. The number of pyridine rings is 2. The van der Waals surface area contributed by atoms with Crippen molar-refractivity contribution >= 4 is 52.2 Å². The lowest BCUT2D eigenvalue weighted by Gasteiger charge is -2.37. The van der Waals surface area contributed by atoms with Gasteiger partial charge in [-0.15, -0.1) is 12.4 Å². The molecule has 8 heteroatoms. The van der Waals surface area contributed by atoms with Crippen molar-refractivity contribution in [3.8, 4) is 17.0 Å². The smallest absolute Gasteiger partial charge is 0.153 e. The predicted molar refractivity (Wildman–Crippen MR) is 145 cm³/mol. The average molecular weight is 531 g/mol. The van der Waals surface area contributed by atoms with Crippen LogP contribution in [0.25, 0.3) is 22.2 Å². The summed E-state index contributed by atoms with van der Waals surface area (Å²) in [5, 5.41) is 15.9. The molecule has 1 aliphatic rings. The molecule has 0 saturated heterocycles. The van der Waals surface area contributed by atoms with Gasteiger partial charge in [0, 0.05) is 35.1 Å². The van der Waals surface area contributed by atoms with E-state index in [0.29, 0.717) is 23.1 Å². The quantitative estimate of drug-likeness (QED) is 0.278. The first-order valence-corrected chi connectivity index (χ1v) is 11.9. The van der Waals surface area contributed by atoms with Crippen LogP contribution in [0.5, 0.6) is 5.75 Å². The number of fused-ring (bicyclic) bond motifs is 2. The van der Waals surface area contributed by atoms with Crippen LogP contribution in [0, 0.1) is 6.92 Å². The molecule has 5 rings (SSSR count). The van der Waals surface area contributed by atoms with Gasteiger partial charge in [-0.3, -0.25) is 4.98 Å². The zero-order valence-corrected chi connectivity index (χ0v) is 21.9. The highest BCUT2D eigenvalue weighted by Crippen LogP contribution is 2.39. The van der Waals surface area contributed by atoms with Crippen LogP contribution in [0.2, 0.25) is 10.2 Å². The number of hydrogen-bond donors (Lipinski definition) is 2. The van der Waals surface area contributed by atoms with Gasteiger partial charge in [0.1, 0.15) is 11.4 Å². The molecule has 0 radical (unpaired) electrons. The van der Waals surface area contributed by atoms with E-state index in [2.05, 4.69) is 15.3 Å². The van der Waals surface area contributed by atoms with Crippen molar-refractivity contribution in [3.05, 3.63) is 81.6 Å². The molecule has 2 N–H and O–H groups in total. The summed E-state index contributed by atoms with van der Waals surface area (Å²) in [4.78, 5) is 9.20. The van der Waals surface area contributed by atoms with Crippen LogP contribution in [0.4, 0.5) is 5.69 Å². The van der Waals surface area contributed by atoms with E-state index in [1.54, 1.807) is 0 Å². The molecule has 0 unspecified atom stereocenters. The fraction of sp³-hybridized carbons (Fsp3) is 0.259. The highest BCUT2D eigenvalue weighted by Gasteiger charge is 2.36. The maximum Gasteiger partial charge on any atom is 0.153 e. The summed E-state index contributed by atoms with van der Waals surface area (Å²) in [7, 11) is 0. The number of nitrogens with one attached hydrogen (secondary N) is 1. The lowest BCUT2D eigenvalue weighted by molar-refractivity contribution is -0.0410. The second-order valence-corrected chi connectivity index (χ2v) is 10.0. The molecule has 0 bridgehead atoms. The number of aromatic nitrogens is 2. The Kier molecular flexibility index (Phi) is 7.16. The largest absolute Gasteiger partial charge is 0.485 e. The van der Waals surface area contributed by atoms with Gasteiger partial charge < -0.3 is 15.2 Å². The van der Waals surface area contributed by atoms with Gasteiger partial charge in [0.05, 0.1) is 23.0 Å². The van der Waals surface area contributed by atoms with Gasteiger partial charge in [-0.05, 0) is 67.8 Å². The Bertz CT molecular complexity index is 1370. The number of ether oxygens (including phenoxy) is 1. The van der Waals surface area contributed by atoms with Crippen LogP contribution in [0.3, 0.4) is 0 Å². The number of benzene rings is 2. The van der Waals surface area contributed by atoms with Gasteiger partial charge in [0.15, 0.2) is 5.15 Å². The van der Waals surface area contributed by atoms with E-state index < -0.39 is 11.7 Å². The molecule has 4 aromatic rings. The molecule has 1 atom stereocenters. The summed E-state index contributed by atoms with van der Waals surface area (Å²) in [6.45, 7) is 6.38. The maximum absolute atomic E-state index is 10.4. The van der Waals surface area contributed by atoms with E-state index in [4.69, 9.17) is 27.9 Å². The average Bonchev–Trinajstić information content (AvgIpc) is 2.80. The molecule has 5 nitrogen and oxygen atoms in total. The molecule has 182 valence electrons. The Morgan fingerprint density at radius 3 is 2.54 bits per heavy atom. The molecule has 1 aliphatic heterocycles. The summed E-state index contributed by atoms with van der Waals surface area (Å²) < 4.78 is 6.10. The van der Waals surface area contributed by atoms with Crippen LogP contribution in [0.15, 0.2) is 54.7 Å². The van der Waals surface area contributed by atoms with E-state index in [9.17, 15) is 5.11 Å². The van der Waals surface area contributed by atoms with Crippen LogP contribution in [-0.4, -0.2) is 26.8 Å². The molecule has 3 heterocycles. The summed E-state index contributed by atoms with van der Waals surface area (Å²) >= 11 is 12.5. The first-order chi connectivity index (χ1) is 16.2. The fourth-order valence-corrected chi connectivity index (χ4v) is 4.66. The van der Waals surface area contributed by atoms with Crippen molar-refractivity contribution in [2.75, 3.05) is 5.32 Å². The highest BCUT2D eigenvalue weighted by atomic mass is 35.5. The second-order valence-electron chi connectivity index (χ2n) is 9.22. The highest BCUT2D eigenvalue weighted by molar-refractivity contribution is 6.32. The molecule has 35 heavy (non-hydrogen) atoms. The normalized spacial score (nSPS) is 16.2. The standard InChI is InChI=1S/C27H25Cl2N3O2.ClH/c1-15-20-12-23-18(11-24(33)27(2,3)34-23)10-22(20)32-26(29)25(15)31-14-16-4-9-21(30-13-16)17-5-7-19(28)8-6-17;/h4-10,12-13,24,31,33H,11,14H2,1-3H3;1H/t24-;/m1./s1. The number of anilines is 1. The number of rotatable bonds is 4. The van der Waals surface area contributed by atoms with Gasteiger partial charge in [0.2, 0.25) is 0 Å². The number of aliphatic hydroxyl groups excluding tert-OH is 1.